The second kappa shape index (κ2) is 2.72. The van der Waals surface area contributed by atoms with Crippen LogP contribution in [0.3, 0.4) is 0 Å². The highest BCUT2D eigenvalue weighted by Gasteiger charge is 1.98. The van der Waals surface area contributed by atoms with Gasteiger partial charge >= 0.3 is 0 Å². The molecule has 1 aliphatic rings. The second-order valence-corrected chi connectivity index (χ2v) is 2.62. The first kappa shape index (κ1) is 6.40. The van der Waals surface area contributed by atoms with Crippen LogP contribution >= 0.6 is 0 Å². The summed E-state index contributed by atoms with van der Waals surface area (Å²) in [5.74, 6) is 0. The van der Waals surface area contributed by atoms with Crippen molar-refractivity contribution in [2.75, 3.05) is 0 Å². The van der Waals surface area contributed by atoms with Crippen molar-refractivity contribution in [3.8, 4) is 0 Å². The zero-order valence-electron chi connectivity index (χ0n) is 6.02. The van der Waals surface area contributed by atoms with Gasteiger partial charge in [-0.3, -0.25) is 0 Å². The molecule has 0 heterocycles. The van der Waals surface area contributed by atoms with Crippen molar-refractivity contribution in [1.29, 1.82) is 0 Å². The molecular weight excluding hydrogens is 110 g/mol. The Balaban J connectivity index is 2.30. The Morgan fingerprint density at radius 1 is 1.56 bits per heavy atom. The predicted octanol–water partition coefficient (Wildman–Crippen LogP) is 1.83. The summed E-state index contributed by atoms with van der Waals surface area (Å²) in [6.07, 6.45) is 7.45. The van der Waals surface area contributed by atoms with Crippen molar-refractivity contribution in [2.45, 2.75) is 26.3 Å². The Hall–Kier alpha value is -0.720. The highest BCUT2D eigenvalue weighted by Crippen LogP contribution is 2.06. The van der Waals surface area contributed by atoms with Gasteiger partial charge in [0.25, 0.3) is 0 Å². The van der Waals surface area contributed by atoms with E-state index in [0.717, 1.165) is 6.42 Å². The van der Waals surface area contributed by atoms with Crippen LogP contribution in [0.2, 0.25) is 0 Å². The molecular formula is C8H13N. The van der Waals surface area contributed by atoms with Gasteiger partial charge in [-0.1, -0.05) is 12.2 Å². The van der Waals surface area contributed by atoms with Crippen molar-refractivity contribution in [3.63, 3.8) is 0 Å². The number of rotatable bonds is 2. The Kier molecular flexibility index (Phi) is 1.93. The molecule has 0 amide bonds. The second-order valence-electron chi connectivity index (χ2n) is 2.62. The summed E-state index contributed by atoms with van der Waals surface area (Å²) < 4.78 is 0. The molecule has 9 heavy (non-hydrogen) atoms. The van der Waals surface area contributed by atoms with Crippen LogP contribution in [0.4, 0.5) is 0 Å². The molecule has 0 aromatic rings. The largest absolute Gasteiger partial charge is 0.386 e. The average molecular weight is 123 g/mol. The maximum Gasteiger partial charge on any atom is 0.0201 e. The average Bonchev–Trinajstić information content (AvgIpc) is 2.15. The smallest absolute Gasteiger partial charge is 0.0201 e. The van der Waals surface area contributed by atoms with E-state index in [1.54, 1.807) is 0 Å². The van der Waals surface area contributed by atoms with Crippen molar-refractivity contribution in [3.05, 3.63) is 23.9 Å². The lowest BCUT2D eigenvalue weighted by atomic mass is 10.3. The summed E-state index contributed by atoms with van der Waals surface area (Å²) in [6.45, 7) is 4.30. The minimum absolute atomic E-state index is 0.566. The quantitative estimate of drug-likeness (QED) is 0.590. The molecule has 0 aromatic heterocycles. The van der Waals surface area contributed by atoms with Gasteiger partial charge in [-0.15, -0.1) is 0 Å². The topological polar surface area (TPSA) is 12.0 Å². The van der Waals surface area contributed by atoms with E-state index in [-0.39, 0.29) is 0 Å². The lowest BCUT2D eigenvalue weighted by Gasteiger charge is -2.09. The van der Waals surface area contributed by atoms with Crippen molar-refractivity contribution >= 4 is 0 Å². The Morgan fingerprint density at radius 2 is 2.33 bits per heavy atom. The van der Waals surface area contributed by atoms with E-state index in [4.69, 9.17) is 0 Å². The first-order chi connectivity index (χ1) is 4.29. The monoisotopic (exact) mass is 123 g/mol. The number of allylic oxidation sites excluding steroid dienone is 3. The zero-order chi connectivity index (χ0) is 6.69. The molecule has 0 spiro atoms. The lowest BCUT2D eigenvalue weighted by Crippen LogP contribution is -2.20. The predicted molar refractivity (Wildman–Crippen MR) is 40.1 cm³/mol. The highest BCUT2D eigenvalue weighted by molar-refractivity contribution is 5.21. The summed E-state index contributed by atoms with van der Waals surface area (Å²) in [6, 6.07) is 0.566. The van der Waals surface area contributed by atoms with Crippen molar-refractivity contribution < 1.29 is 0 Å². The lowest BCUT2D eigenvalue weighted by molar-refractivity contribution is 0.661. The van der Waals surface area contributed by atoms with Crippen LogP contribution in [-0.4, -0.2) is 6.04 Å². The van der Waals surface area contributed by atoms with Crippen LogP contribution in [0.15, 0.2) is 23.9 Å². The standard InChI is InChI=1S/C8H13N/c1-7(2)9-8-5-3-4-6-8/h3-5,7,9H,6H2,1-2H3. The Labute approximate surface area is 56.5 Å². The van der Waals surface area contributed by atoms with Gasteiger partial charge in [0.15, 0.2) is 0 Å². The highest BCUT2D eigenvalue weighted by atomic mass is 14.9. The molecule has 1 rings (SSSR count). The third-order valence-electron chi connectivity index (χ3n) is 1.25. The Bertz CT molecular complexity index is 143. The maximum absolute atomic E-state index is 3.34. The van der Waals surface area contributed by atoms with E-state index < -0.39 is 0 Å². The van der Waals surface area contributed by atoms with Gasteiger partial charge in [0.2, 0.25) is 0 Å². The molecule has 0 aliphatic heterocycles. The van der Waals surface area contributed by atoms with E-state index in [9.17, 15) is 0 Å². The molecule has 1 nitrogen and oxygen atoms in total. The first-order valence-corrected chi connectivity index (χ1v) is 3.41. The number of hydrogen-bond acceptors (Lipinski definition) is 1. The van der Waals surface area contributed by atoms with E-state index in [2.05, 4.69) is 37.4 Å². The van der Waals surface area contributed by atoms with Crippen LogP contribution in [0.1, 0.15) is 20.3 Å². The van der Waals surface area contributed by atoms with E-state index in [0.29, 0.717) is 6.04 Å². The summed E-state index contributed by atoms with van der Waals surface area (Å²) in [7, 11) is 0. The summed E-state index contributed by atoms with van der Waals surface area (Å²) in [4.78, 5) is 0. The van der Waals surface area contributed by atoms with Crippen LogP contribution in [0.5, 0.6) is 0 Å². The molecule has 0 aromatic carbocycles. The SMILES string of the molecule is CC(C)NC1=CC=CC1. The summed E-state index contributed by atoms with van der Waals surface area (Å²) >= 11 is 0. The van der Waals surface area contributed by atoms with E-state index in [1.165, 1.54) is 5.70 Å². The van der Waals surface area contributed by atoms with Crippen LogP contribution < -0.4 is 5.32 Å². The minimum Gasteiger partial charge on any atom is -0.386 e. The molecule has 0 fully saturated rings. The van der Waals surface area contributed by atoms with Gasteiger partial charge in [0.05, 0.1) is 0 Å². The van der Waals surface area contributed by atoms with Gasteiger partial charge < -0.3 is 5.32 Å². The third kappa shape index (κ3) is 1.92. The van der Waals surface area contributed by atoms with E-state index in [1.807, 2.05) is 0 Å². The molecule has 0 saturated heterocycles. The third-order valence-corrected chi connectivity index (χ3v) is 1.25. The zero-order valence-corrected chi connectivity index (χ0v) is 6.02. The maximum atomic E-state index is 3.34. The normalized spacial score (nSPS) is 16.6. The molecule has 0 atom stereocenters. The van der Waals surface area contributed by atoms with Crippen LogP contribution in [-0.2, 0) is 0 Å². The first-order valence-electron chi connectivity index (χ1n) is 3.41. The van der Waals surface area contributed by atoms with Gasteiger partial charge in [-0.25, -0.2) is 0 Å². The van der Waals surface area contributed by atoms with Crippen molar-refractivity contribution in [1.82, 2.24) is 5.32 Å². The molecule has 0 saturated carbocycles. The molecule has 1 heteroatoms. The molecule has 0 bridgehead atoms. The molecule has 1 N–H and O–H groups in total. The van der Waals surface area contributed by atoms with E-state index >= 15 is 0 Å². The fourth-order valence-electron chi connectivity index (χ4n) is 0.925. The van der Waals surface area contributed by atoms with Gasteiger partial charge in [-0.2, -0.15) is 0 Å². The summed E-state index contributed by atoms with van der Waals surface area (Å²) in [5, 5.41) is 3.34. The minimum atomic E-state index is 0.566. The molecule has 1 aliphatic carbocycles. The fraction of sp³-hybridized carbons (Fsp3) is 0.500. The Morgan fingerprint density at radius 3 is 2.78 bits per heavy atom. The number of hydrogen-bond donors (Lipinski definition) is 1. The van der Waals surface area contributed by atoms with Crippen LogP contribution in [0.25, 0.3) is 0 Å². The number of nitrogens with one attached hydrogen (secondary N) is 1. The molecule has 0 radical (unpaired) electrons. The molecule has 0 unspecified atom stereocenters. The fourth-order valence-corrected chi connectivity index (χ4v) is 0.925. The van der Waals surface area contributed by atoms with Gasteiger partial charge in [-0.05, 0) is 19.9 Å². The van der Waals surface area contributed by atoms with Gasteiger partial charge in [0, 0.05) is 18.2 Å². The van der Waals surface area contributed by atoms with Crippen LogP contribution in [0, 0.1) is 0 Å². The van der Waals surface area contributed by atoms with Gasteiger partial charge in [0.1, 0.15) is 0 Å². The molecule has 50 valence electrons. The van der Waals surface area contributed by atoms with Crippen molar-refractivity contribution in [2.24, 2.45) is 0 Å². The summed E-state index contributed by atoms with van der Waals surface area (Å²) in [5.41, 5.74) is 1.34.